The molecule has 3 aromatic rings. The third-order valence-corrected chi connectivity index (χ3v) is 7.68. The quantitative estimate of drug-likeness (QED) is 0.403. The van der Waals surface area contributed by atoms with Gasteiger partial charge in [0.05, 0.1) is 26.4 Å². The molecule has 0 atom stereocenters. The van der Waals surface area contributed by atoms with Crippen LogP contribution in [0, 0.1) is 6.92 Å². The fourth-order valence-corrected chi connectivity index (χ4v) is 5.24. The van der Waals surface area contributed by atoms with Gasteiger partial charge in [0.2, 0.25) is 5.91 Å². The predicted octanol–water partition coefficient (Wildman–Crippen LogP) is 6.23. The van der Waals surface area contributed by atoms with Crippen molar-refractivity contribution in [2.24, 2.45) is 7.05 Å². The van der Waals surface area contributed by atoms with E-state index in [9.17, 15) is 4.79 Å². The number of nitrogens with zero attached hydrogens (tertiary/aromatic N) is 4. The maximum absolute atomic E-state index is 12.6. The van der Waals surface area contributed by atoms with Crippen molar-refractivity contribution in [2.75, 3.05) is 13.1 Å². The Morgan fingerprint density at radius 3 is 2.58 bits per heavy atom. The SMILES string of the molecule is Cc1nn(C)c(Cl)c1C=CC(=O)N1CCC(c2nc(-c3ccc(Cl)c(Cl)c3)cs2)CC1. The largest absolute Gasteiger partial charge is 0.339 e. The van der Waals surface area contributed by atoms with E-state index in [1.54, 1.807) is 41.3 Å². The third kappa shape index (κ3) is 4.82. The molecule has 0 aliphatic carbocycles. The average molecular weight is 496 g/mol. The standard InChI is InChI=1S/C22H21Cl3N4OS/c1-13-16(21(25)28(2)27-13)4-6-20(30)29-9-7-14(8-10-29)22-26-19(12-31-22)15-3-5-17(23)18(24)11-15/h3-6,11-12,14H,7-10H2,1-2H3. The number of aryl methyl sites for hydroxylation is 2. The van der Waals surface area contributed by atoms with Crippen molar-refractivity contribution in [1.82, 2.24) is 19.7 Å². The van der Waals surface area contributed by atoms with Crippen molar-refractivity contribution in [1.29, 1.82) is 0 Å². The van der Waals surface area contributed by atoms with Gasteiger partial charge in [-0.05, 0) is 38.0 Å². The van der Waals surface area contributed by atoms with Crippen LogP contribution in [0.2, 0.25) is 15.2 Å². The van der Waals surface area contributed by atoms with Crippen LogP contribution in [0.1, 0.15) is 35.0 Å². The van der Waals surface area contributed by atoms with E-state index in [1.807, 2.05) is 24.0 Å². The molecule has 9 heteroatoms. The van der Waals surface area contributed by atoms with Gasteiger partial charge in [-0.25, -0.2) is 4.98 Å². The van der Waals surface area contributed by atoms with Gasteiger partial charge in [0, 0.05) is 48.6 Å². The molecule has 1 amide bonds. The van der Waals surface area contributed by atoms with Gasteiger partial charge in [0.25, 0.3) is 0 Å². The highest BCUT2D eigenvalue weighted by Crippen LogP contribution is 2.34. The molecule has 31 heavy (non-hydrogen) atoms. The maximum Gasteiger partial charge on any atom is 0.246 e. The first-order valence-electron chi connectivity index (χ1n) is 9.90. The van der Waals surface area contributed by atoms with Gasteiger partial charge in [0.1, 0.15) is 5.15 Å². The van der Waals surface area contributed by atoms with E-state index in [2.05, 4.69) is 10.5 Å². The maximum atomic E-state index is 12.6. The van der Waals surface area contributed by atoms with E-state index < -0.39 is 0 Å². The summed E-state index contributed by atoms with van der Waals surface area (Å²) in [6.45, 7) is 3.28. The van der Waals surface area contributed by atoms with Gasteiger partial charge < -0.3 is 4.90 Å². The summed E-state index contributed by atoms with van der Waals surface area (Å²) < 4.78 is 1.60. The number of aromatic nitrogens is 3. The summed E-state index contributed by atoms with van der Waals surface area (Å²) in [5.74, 6) is 0.345. The first kappa shape index (κ1) is 22.3. The van der Waals surface area contributed by atoms with Gasteiger partial charge in [-0.1, -0.05) is 40.9 Å². The Bertz CT molecular complexity index is 1150. The van der Waals surface area contributed by atoms with E-state index in [0.717, 1.165) is 40.4 Å². The first-order valence-corrected chi connectivity index (χ1v) is 11.9. The summed E-state index contributed by atoms with van der Waals surface area (Å²) >= 11 is 20.0. The molecule has 1 fully saturated rings. The Morgan fingerprint density at radius 2 is 1.94 bits per heavy atom. The molecule has 1 saturated heterocycles. The third-order valence-electron chi connectivity index (χ3n) is 5.48. The van der Waals surface area contributed by atoms with Crippen LogP contribution in [0.15, 0.2) is 29.7 Å². The highest BCUT2D eigenvalue weighted by atomic mass is 35.5. The smallest absolute Gasteiger partial charge is 0.246 e. The summed E-state index contributed by atoms with van der Waals surface area (Å²) in [6.07, 6.45) is 5.12. The molecule has 2 aromatic heterocycles. The molecule has 162 valence electrons. The number of hydrogen-bond acceptors (Lipinski definition) is 4. The Labute approximate surface area is 200 Å². The molecule has 1 aromatic carbocycles. The van der Waals surface area contributed by atoms with Crippen molar-refractivity contribution in [3.8, 4) is 11.3 Å². The van der Waals surface area contributed by atoms with Crippen molar-refractivity contribution >= 4 is 58.1 Å². The highest BCUT2D eigenvalue weighted by molar-refractivity contribution is 7.10. The number of carbonyl (C=O) groups excluding carboxylic acids is 1. The van der Waals surface area contributed by atoms with Crippen LogP contribution in [0.5, 0.6) is 0 Å². The molecule has 0 unspecified atom stereocenters. The highest BCUT2D eigenvalue weighted by Gasteiger charge is 2.25. The molecule has 0 bridgehead atoms. The second-order valence-electron chi connectivity index (χ2n) is 7.55. The lowest BCUT2D eigenvalue weighted by atomic mass is 9.97. The molecule has 0 radical (unpaired) electrons. The minimum atomic E-state index is -0.00611. The second-order valence-corrected chi connectivity index (χ2v) is 9.61. The zero-order chi connectivity index (χ0) is 22.1. The van der Waals surface area contributed by atoms with Crippen LogP contribution < -0.4 is 0 Å². The average Bonchev–Trinajstić information content (AvgIpc) is 3.34. The fourth-order valence-electron chi connectivity index (χ4n) is 3.71. The van der Waals surface area contributed by atoms with E-state index in [-0.39, 0.29) is 5.91 Å². The zero-order valence-electron chi connectivity index (χ0n) is 17.1. The first-order chi connectivity index (χ1) is 14.8. The number of hydrogen-bond donors (Lipinski definition) is 0. The van der Waals surface area contributed by atoms with Gasteiger partial charge in [-0.15, -0.1) is 11.3 Å². The van der Waals surface area contributed by atoms with Crippen molar-refractivity contribution < 1.29 is 4.79 Å². The molecule has 3 heterocycles. The van der Waals surface area contributed by atoms with Crippen LogP contribution in [0.4, 0.5) is 0 Å². The number of thiazole rings is 1. The zero-order valence-corrected chi connectivity index (χ0v) is 20.2. The molecular weight excluding hydrogens is 475 g/mol. The van der Waals surface area contributed by atoms with Crippen molar-refractivity contribution in [3.05, 3.63) is 61.1 Å². The summed E-state index contributed by atoms with van der Waals surface area (Å²) in [4.78, 5) is 19.3. The van der Waals surface area contributed by atoms with Crippen LogP contribution >= 0.6 is 46.1 Å². The minimum Gasteiger partial charge on any atom is -0.339 e. The minimum absolute atomic E-state index is 0.00611. The lowest BCUT2D eigenvalue weighted by Crippen LogP contribution is -2.36. The summed E-state index contributed by atoms with van der Waals surface area (Å²) in [5.41, 5.74) is 3.45. The number of piperidine rings is 1. The van der Waals surface area contributed by atoms with Gasteiger partial charge in [-0.2, -0.15) is 5.10 Å². The van der Waals surface area contributed by atoms with Crippen LogP contribution in [0.3, 0.4) is 0 Å². The van der Waals surface area contributed by atoms with Crippen LogP contribution in [0.25, 0.3) is 17.3 Å². The van der Waals surface area contributed by atoms with E-state index >= 15 is 0 Å². The number of rotatable bonds is 4. The molecule has 1 aliphatic heterocycles. The molecule has 0 N–H and O–H groups in total. The number of carbonyl (C=O) groups is 1. The lowest BCUT2D eigenvalue weighted by molar-refractivity contribution is -0.126. The van der Waals surface area contributed by atoms with E-state index in [4.69, 9.17) is 39.8 Å². The van der Waals surface area contributed by atoms with Gasteiger partial charge in [-0.3, -0.25) is 9.48 Å². The number of amides is 1. The topological polar surface area (TPSA) is 51.0 Å². The molecule has 1 aliphatic rings. The number of likely N-dealkylation sites (tertiary alicyclic amines) is 1. The molecule has 0 spiro atoms. The van der Waals surface area contributed by atoms with E-state index in [0.29, 0.717) is 34.2 Å². The summed E-state index contributed by atoms with van der Waals surface area (Å²) in [5, 5.41) is 9.00. The number of benzene rings is 1. The van der Waals surface area contributed by atoms with Gasteiger partial charge in [0.15, 0.2) is 0 Å². The second kappa shape index (κ2) is 9.33. The summed E-state index contributed by atoms with van der Waals surface area (Å²) in [7, 11) is 1.78. The normalized spacial score (nSPS) is 15.2. The van der Waals surface area contributed by atoms with Crippen molar-refractivity contribution in [3.63, 3.8) is 0 Å². The Balaban J connectivity index is 1.37. The lowest BCUT2D eigenvalue weighted by Gasteiger charge is -2.30. The van der Waals surface area contributed by atoms with Crippen LogP contribution in [-0.4, -0.2) is 38.7 Å². The molecule has 0 saturated carbocycles. The summed E-state index contributed by atoms with van der Waals surface area (Å²) in [6, 6.07) is 5.56. The van der Waals surface area contributed by atoms with Gasteiger partial charge >= 0.3 is 0 Å². The molecular formula is C22H21Cl3N4OS. The molecule has 4 rings (SSSR count). The van der Waals surface area contributed by atoms with Crippen LogP contribution in [-0.2, 0) is 11.8 Å². The Hall–Kier alpha value is -1.86. The monoisotopic (exact) mass is 494 g/mol. The number of halogens is 3. The fraction of sp³-hybridized carbons (Fsp3) is 0.318. The van der Waals surface area contributed by atoms with Crippen molar-refractivity contribution in [2.45, 2.75) is 25.7 Å². The Morgan fingerprint density at radius 1 is 1.19 bits per heavy atom. The Kier molecular flexibility index (Phi) is 6.72. The molecule has 5 nitrogen and oxygen atoms in total. The van der Waals surface area contributed by atoms with E-state index in [1.165, 1.54) is 0 Å². The predicted molar refractivity (Wildman–Crippen MR) is 128 cm³/mol.